The van der Waals surface area contributed by atoms with Crippen molar-refractivity contribution in [1.29, 1.82) is 0 Å². The number of hydrogen-bond donors (Lipinski definition) is 0. The van der Waals surface area contributed by atoms with Crippen LogP contribution in [-0.4, -0.2) is 6.71 Å². The van der Waals surface area contributed by atoms with Crippen molar-refractivity contribution >= 4 is 88.7 Å². The zero-order valence-electron chi connectivity index (χ0n) is 45.3. The summed E-state index contributed by atoms with van der Waals surface area (Å²) in [6.07, 6.45) is 4.76. The lowest BCUT2D eigenvalue weighted by Crippen LogP contribution is -2.60. The minimum atomic E-state index is -0.0372. The van der Waals surface area contributed by atoms with Crippen molar-refractivity contribution in [3.8, 4) is 11.1 Å². The highest BCUT2D eigenvalue weighted by Gasteiger charge is 2.48. The summed E-state index contributed by atoms with van der Waals surface area (Å²) in [4.78, 5) is 5.41. The highest BCUT2D eigenvalue weighted by Crippen LogP contribution is 2.55. The highest BCUT2D eigenvalue weighted by atomic mass is 32.1. The third-order valence-corrected chi connectivity index (χ3v) is 19.1. The molecule has 0 N–H and O–H groups in total. The quantitative estimate of drug-likeness (QED) is 0.163. The van der Waals surface area contributed by atoms with Crippen molar-refractivity contribution in [2.45, 2.75) is 162 Å². The maximum atomic E-state index is 2.74. The van der Waals surface area contributed by atoms with Gasteiger partial charge >= 0.3 is 0 Å². The van der Waals surface area contributed by atoms with E-state index in [-0.39, 0.29) is 39.2 Å². The van der Waals surface area contributed by atoms with E-state index in [9.17, 15) is 0 Å². The zero-order chi connectivity index (χ0) is 50.1. The summed E-state index contributed by atoms with van der Waals surface area (Å²) in [5.41, 5.74) is 23.4. The molecule has 4 heteroatoms. The van der Waals surface area contributed by atoms with Crippen molar-refractivity contribution in [2.75, 3.05) is 9.80 Å². The molecule has 3 heterocycles. The Kier molecular flexibility index (Phi) is 9.98. The van der Waals surface area contributed by atoms with Crippen molar-refractivity contribution in [3.05, 3.63) is 160 Å². The standard InChI is InChI=1S/C67H73BN2S/c1-40-32-56-59-57(33-40)70(54-26-22-44(62(2,3)4)35-47(54)43-21-20-41-18-16-17-19-42(41)34-43)55-27-23-45(63(5,6)7)36-53(55)68(59)61-60(48-38-51-52(39-58(48)71-61)67(14,15)31-30-66(51,12)13)69(56)46-24-25-49-50(37-46)65(10,11)29-28-64(49,8)9/h16-27,32-39H,28-31H2,1-15H3. The smallest absolute Gasteiger partial charge is 0.264 e. The molecule has 0 bridgehead atoms. The predicted octanol–water partition coefficient (Wildman–Crippen LogP) is 17.4. The highest BCUT2D eigenvalue weighted by molar-refractivity contribution is 7.33. The maximum absolute atomic E-state index is 2.74. The van der Waals surface area contributed by atoms with Gasteiger partial charge in [0.05, 0.1) is 11.4 Å². The van der Waals surface area contributed by atoms with Gasteiger partial charge in [-0.05, 0) is 192 Å². The Morgan fingerprint density at radius 2 is 1.06 bits per heavy atom. The summed E-state index contributed by atoms with van der Waals surface area (Å²) in [6.45, 7) is 36.3. The van der Waals surface area contributed by atoms with Crippen molar-refractivity contribution in [1.82, 2.24) is 0 Å². The first-order valence-electron chi connectivity index (χ1n) is 26.6. The monoisotopic (exact) mass is 949 g/mol. The van der Waals surface area contributed by atoms with Crippen LogP contribution in [0.4, 0.5) is 34.1 Å². The second-order valence-electron chi connectivity index (χ2n) is 26.9. The number of rotatable bonds is 3. The third-order valence-electron chi connectivity index (χ3n) is 17.9. The number of hydrogen-bond acceptors (Lipinski definition) is 3. The van der Waals surface area contributed by atoms with E-state index in [1.807, 2.05) is 0 Å². The third kappa shape index (κ3) is 7.15. The van der Waals surface area contributed by atoms with E-state index in [1.165, 1.54) is 146 Å². The van der Waals surface area contributed by atoms with Gasteiger partial charge in [0.15, 0.2) is 0 Å². The van der Waals surface area contributed by atoms with Crippen LogP contribution in [0.25, 0.3) is 32.0 Å². The lowest BCUT2D eigenvalue weighted by molar-refractivity contribution is 0.332. The van der Waals surface area contributed by atoms with Gasteiger partial charge in [-0.3, -0.25) is 0 Å². The molecule has 0 amide bonds. The average Bonchev–Trinajstić information content (AvgIpc) is 3.68. The van der Waals surface area contributed by atoms with Crippen LogP contribution < -0.4 is 25.5 Å². The fourth-order valence-corrected chi connectivity index (χ4v) is 14.5. The maximum Gasteiger partial charge on any atom is 0.264 e. The number of benzene rings is 7. The van der Waals surface area contributed by atoms with Gasteiger partial charge in [0.1, 0.15) is 0 Å². The fraction of sp³-hybridized carbons (Fsp3) is 0.373. The van der Waals surface area contributed by atoms with Crippen LogP contribution >= 0.6 is 11.3 Å². The minimum absolute atomic E-state index is 0.0283. The van der Waals surface area contributed by atoms with Gasteiger partial charge in [-0.25, -0.2) is 0 Å². The Labute approximate surface area is 429 Å². The normalized spacial score (nSPS) is 18.2. The minimum Gasteiger partial charge on any atom is -0.311 e. The Bertz CT molecular complexity index is 3550. The van der Waals surface area contributed by atoms with Gasteiger partial charge in [0, 0.05) is 43.2 Å². The molecule has 0 atom stereocenters. The molecule has 0 fully saturated rings. The molecular weight excluding hydrogens is 876 g/mol. The molecule has 2 nitrogen and oxygen atoms in total. The molecular formula is C67H73BN2S. The molecule has 8 aromatic rings. The lowest BCUT2D eigenvalue weighted by atomic mass is 9.36. The SMILES string of the molecule is Cc1cc2c3c(c1)N(c1ccc4c(c1)C(C)(C)CCC4(C)C)c1c(sc4cc5c(cc14)C(C)(C)CCC5(C)C)B3c1cc(C(C)(C)C)ccc1N2c1ccc(C(C)(C)C)cc1-c1ccc2ccccc2c1. The van der Waals surface area contributed by atoms with Crippen LogP contribution in [0.3, 0.4) is 0 Å². The Morgan fingerprint density at radius 1 is 0.493 bits per heavy atom. The Balaban J connectivity index is 1.20. The number of nitrogens with zero attached hydrogens (tertiary/aromatic N) is 2. The van der Waals surface area contributed by atoms with Crippen LogP contribution in [0.15, 0.2) is 121 Å². The summed E-state index contributed by atoms with van der Waals surface area (Å²) in [5.74, 6) is 0. The second kappa shape index (κ2) is 15.2. The predicted molar refractivity (Wildman–Crippen MR) is 311 cm³/mol. The van der Waals surface area contributed by atoms with Gasteiger partial charge < -0.3 is 9.80 Å². The molecule has 4 aliphatic rings. The van der Waals surface area contributed by atoms with Gasteiger partial charge in [0.2, 0.25) is 0 Å². The van der Waals surface area contributed by atoms with E-state index in [4.69, 9.17) is 0 Å². The van der Waals surface area contributed by atoms with Crippen LogP contribution in [0.1, 0.15) is 162 Å². The number of aryl methyl sites for hydroxylation is 1. The molecule has 360 valence electrons. The van der Waals surface area contributed by atoms with E-state index >= 15 is 0 Å². The van der Waals surface area contributed by atoms with E-state index in [0.29, 0.717) is 0 Å². The Morgan fingerprint density at radius 3 is 1.70 bits per heavy atom. The molecule has 1 aromatic heterocycles. The molecule has 2 aliphatic carbocycles. The fourth-order valence-electron chi connectivity index (χ4n) is 13.2. The van der Waals surface area contributed by atoms with Crippen LogP contribution in [0.2, 0.25) is 0 Å². The van der Waals surface area contributed by atoms with Crippen molar-refractivity contribution < 1.29 is 0 Å². The van der Waals surface area contributed by atoms with Crippen LogP contribution in [-0.2, 0) is 32.5 Å². The molecule has 0 unspecified atom stereocenters. The first-order chi connectivity index (χ1) is 33.3. The molecule has 0 saturated heterocycles. The number of thiophene rings is 1. The van der Waals surface area contributed by atoms with Crippen LogP contribution in [0, 0.1) is 6.92 Å². The van der Waals surface area contributed by atoms with Gasteiger partial charge in [-0.1, -0.05) is 158 Å². The summed E-state index contributed by atoms with van der Waals surface area (Å²) in [5, 5.41) is 3.92. The summed E-state index contributed by atoms with van der Waals surface area (Å²) in [7, 11) is 0. The molecule has 2 aliphatic heterocycles. The topological polar surface area (TPSA) is 6.48 Å². The van der Waals surface area contributed by atoms with Gasteiger partial charge in [-0.2, -0.15) is 0 Å². The summed E-state index contributed by atoms with van der Waals surface area (Å²) < 4.78 is 2.86. The molecule has 0 radical (unpaired) electrons. The van der Waals surface area contributed by atoms with Gasteiger partial charge in [0.25, 0.3) is 6.71 Å². The summed E-state index contributed by atoms with van der Waals surface area (Å²) in [6, 6.07) is 48.6. The first-order valence-corrected chi connectivity index (χ1v) is 27.4. The van der Waals surface area contributed by atoms with E-state index in [0.717, 1.165) is 0 Å². The average molecular weight is 949 g/mol. The van der Waals surface area contributed by atoms with E-state index in [1.54, 1.807) is 0 Å². The molecule has 0 spiro atoms. The Hall–Kier alpha value is -5.58. The van der Waals surface area contributed by atoms with Crippen LogP contribution in [0.5, 0.6) is 0 Å². The van der Waals surface area contributed by atoms with Crippen molar-refractivity contribution in [3.63, 3.8) is 0 Å². The molecule has 7 aromatic carbocycles. The molecule has 71 heavy (non-hydrogen) atoms. The molecule has 0 saturated carbocycles. The summed E-state index contributed by atoms with van der Waals surface area (Å²) >= 11 is 2.06. The number of fused-ring (bicyclic) bond motifs is 9. The van der Waals surface area contributed by atoms with E-state index in [2.05, 4.69) is 246 Å². The van der Waals surface area contributed by atoms with Gasteiger partial charge in [-0.15, -0.1) is 11.3 Å². The first kappa shape index (κ1) is 46.5. The molecule has 12 rings (SSSR count). The second-order valence-corrected chi connectivity index (χ2v) is 27.9. The zero-order valence-corrected chi connectivity index (χ0v) is 46.1. The number of anilines is 6. The van der Waals surface area contributed by atoms with E-state index < -0.39 is 0 Å². The largest absolute Gasteiger partial charge is 0.311 e. The van der Waals surface area contributed by atoms with Crippen molar-refractivity contribution in [2.24, 2.45) is 0 Å². The lowest BCUT2D eigenvalue weighted by Gasteiger charge is -2.45.